The summed E-state index contributed by atoms with van der Waals surface area (Å²) in [5.74, 6) is -0.881. The van der Waals surface area contributed by atoms with Crippen LogP contribution in [-0.4, -0.2) is 55.6 Å². The molecule has 0 radical (unpaired) electrons. The van der Waals surface area contributed by atoms with Gasteiger partial charge < -0.3 is 0 Å². The molecule has 240 valence electrons. The highest BCUT2D eigenvalue weighted by Crippen LogP contribution is 2.51. The number of sulfonamides is 1. The van der Waals surface area contributed by atoms with Crippen molar-refractivity contribution >= 4 is 21.9 Å². The maximum absolute atomic E-state index is 14.5. The maximum Gasteiger partial charge on any atom is 0.417 e. The fourth-order valence-corrected chi connectivity index (χ4v) is 8.39. The minimum atomic E-state index is -4.62. The summed E-state index contributed by atoms with van der Waals surface area (Å²) in [6, 6.07) is 8.84. The van der Waals surface area contributed by atoms with Gasteiger partial charge in [0.2, 0.25) is 0 Å². The summed E-state index contributed by atoms with van der Waals surface area (Å²) in [7, 11) is -4.03. The monoisotopic (exact) mass is 654 g/mol. The molecule has 4 aromatic rings. The molecule has 0 N–H and O–H groups in total. The molecule has 0 spiro atoms. The van der Waals surface area contributed by atoms with Gasteiger partial charge in [0.05, 0.1) is 34.6 Å². The van der Waals surface area contributed by atoms with Crippen molar-refractivity contribution in [2.45, 2.75) is 68.7 Å². The van der Waals surface area contributed by atoms with Gasteiger partial charge in [-0.25, -0.2) is 17.5 Å². The van der Waals surface area contributed by atoms with Gasteiger partial charge in [-0.2, -0.15) is 27.7 Å². The van der Waals surface area contributed by atoms with E-state index in [0.717, 1.165) is 30.5 Å². The van der Waals surface area contributed by atoms with Gasteiger partial charge in [-0.15, -0.1) is 0 Å². The first-order valence-electron chi connectivity index (χ1n) is 15.1. The Hall–Kier alpha value is -4.17. The molecule has 3 aliphatic rings. The van der Waals surface area contributed by atoms with Crippen molar-refractivity contribution in [2.24, 2.45) is 5.41 Å². The van der Waals surface area contributed by atoms with Crippen LogP contribution in [0.5, 0.6) is 0 Å². The normalized spacial score (nSPS) is 21.5. The zero-order valence-corrected chi connectivity index (χ0v) is 25.6. The van der Waals surface area contributed by atoms with Crippen molar-refractivity contribution in [1.82, 2.24) is 28.9 Å². The standard InChI is InChI=1S/C32H30F4N6O3S/c1-2-41(46(44,45)29-13-14-40(39-29)24-10-11-24)26-7-3-21-15-28-20(18-38-42(28)25-8-5-23(33)6-9-25)16-31(21,17-26)30(43)27-12-4-22(19-37-27)32(34,35)36/h4-6,8-9,12-15,18-19,24,26H,2-3,7,10-11,16-17H2,1H3/t26-,31-/m0/s1. The molecule has 46 heavy (non-hydrogen) atoms. The van der Waals surface area contributed by atoms with Crippen LogP contribution in [0.1, 0.15) is 72.4 Å². The lowest BCUT2D eigenvalue weighted by molar-refractivity contribution is -0.137. The van der Waals surface area contributed by atoms with Crippen LogP contribution in [0.25, 0.3) is 11.8 Å². The number of carbonyl (C=O) groups excluding carboxylic acids is 1. The van der Waals surface area contributed by atoms with Gasteiger partial charge >= 0.3 is 6.18 Å². The summed E-state index contributed by atoms with van der Waals surface area (Å²) in [5, 5.41) is 8.81. The molecule has 0 saturated heterocycles. The number of hydrogen-bond acceptors (Lipinski definition) is 6. The number of hydrogen-bond donors (Lipinski definition) is 0. The SMILES string of the molecule is CCN([C@H]1CCC2=Cc3c(cnn3-c3ccc(F)cc3)C[C@]2(C(=O)c2ccc(C(F)(F)F)cn2)C1)S(=O)(=O)c1ccn(C2CC2)n1. The lowest BCUT2D eigenvalue weighted by Gasteiger charge is -2.46. The van der Waals surface area contributed by atoms with Crippen molar-refractivity contribution in [3.63, 3.8) is 0 Å². The molecule has 3 aromatic heterocycles. The minimum Gasteiger partial charge on any atom is -0.291 e. The third-order valence-electron chi connectivity index (χ3n) is 9.26. The van der Waals surface area contributed by atoms with Gasteiger partial charge in [-0.05, 0) is 92.6 Å². The van der Waals surface area contributed by atoms with Crippen LogP contribution >= 0.6 is 0 Å². The van der Waals surface area contributed by atoms with Gasteiger partial charge in [0.1, 0.15) is 11.5 Å². The summed E-state index contributed by atoms with van der Waals surface area (Å²) in [6.45, 7) is 1.87. The smallest absolute Gasteiger partial charge is 0.291 e. The van der Waals surface area contributed by atoms with E-state index in [0.29, 0.717) is 36.0 Å². The van der Waals surface area contributed by atoms with Gasteiger partial charge in [0.15, 0.2) is 10.8 Å². The molecule has 1 aromatic carbocycles. The molecule has 9 nitrogen and oxygen atoms in total. The van der Waals surface area contributed by atoms with Crippen molar-refractivity contribution in [2.75, 3.05) is 6.54 Å². The van der Waals surface area contributed by atoms with E-state index in [2.05, 4.69) is 15.2 Å². The number of pyridine rings is 1. The zero-order valence-electron chi connectivity index (χ0n) is 24.8. The van der Waals surface area contributed by atoms with Crippen LogP contribution in [0.2, 0.25) is 0 Å². The van der Waals surface area contributed by atoms with Crippen LogP contribution in [0.15, 0.2) is 71.7 Å². The first-order valence-corrected chi connectivity index (χ1v) is 16.5. The van der Waals surface area contributed by atoms with E-state index in [-0.39, 0.29) is 36.1 Å². The summed E-state index contributed by atoms with van der Waals surface area (Å²) in [4.78, 5) is 18.4. The van der Waals surface area contributed by atoms with E-state index >= 15 is 0 Å². The fourth-order valence-electron chi connectivity index (χ4n) is 6.80. The highest BCUT2D eigenvalue weighted by atomic mass is 32.2. The van der Waals surface area contributed by atoms with E-state index in [1.165, 1.54) is 22.5 Å². The number of aromatic nitrogens is 5. The fraction of sp³-hybridized carbons (Fsp3) is 0.375. The number of allylic oxidation sites excluding steroid dienone is 1. The second-order valence-corrected chi connectivity index (χ2v) is 13.9. The van der Waals surface area contributed by atoms with E-state index in [1.807, 2.05) is 6.08 Å². The van der Waals surface area contributed by atoms with Gasteiger partial charge in [-0.3, -0.25) is 14.5 Å². The highest BCUT2D eigenvalue weighted by molar-refractivity contribution is 7.89. The third kappa shape index (κ3) is 5.16. The number of Topliss-reactive ketones (excluding diaryl/α,β-unsaturated/α-hetero) is 1. The van der Waals surface area contributed by atoms with E-state index in [4.69, 9.17) is 0 Å². The van der Waals surface area contributed by atoms with Gasteiger partial charge in [0.25, 0.3) is 10.0 Å². The molecule has 0 unspecified atom stereocenters. The molecule has 14 heteroatoms. The Morgan fingerprint density at radius 1 is 1.07 bits per heavy atom. The lowest BCUT2D eigenvalue weighted by atomic mass is 9.60. The predicted octanol–water partition coefficient (Wildman–Crippen LogP) is 6.03. The van der Waals surface area contributed by atoms with E-state index in [1.54, 1.807) is 40.8 Å². The summed E-state index contributed by atoms with van der Waals surface area (Å²) in [5.41, 5.74) is 0.346. The zero-order chi connectivity index (χ0) is 32.4. The van der Waals surface area contributed by atoms with Crippen molar-refractivity contribution in [3.8, 4) is 5.69 Å². The number of ketones is 1. The van der Waals surface area contributed by atoms with Crippen molar-refractivity contribution in [3.05, 3.63) is 95.0 Å². The second kappa shape index (κ2) is 11.0. The Labute approximate surface area is 262 Å². The first kappa shape index (κ1) is 30.5. The van der Waals surface area contributed by atoms with Crippen LogP contribution in [0.4, 0.5) is 17.6 Å². The molecule has 0 bridgehead atoms. The minimum absolute atomic E-state index is 0.0566. The largest absolute Gasteiger partial charge is 0.417 e. The van der Waals surface area contributed by atoms with Crippen molar-refractivity contribution in [1.29, 1.82) is 0 Å². The number of alkyl halides is 3. The van der Waals surface area contributed by atoms with Gasteiger partial charge in [-0.1, -0.05) is 12.5 Å². The summed E-state index contributed by atoms with van der Waals surface area (Å²) >= 11 is 0. The molecule has 3 aliphatic carbocycles. The van der Waals surface area contributed by atoms with E-state index < -0.39 is 44.8 Å². The molecule has 3 heterocycles. The molecule has 0 aliphatic heterocycles. The topological polar surface area (TPSA) is 103 Å². The first-order chi connectivity index (χ1) is 21.9. The van der Waals surface area contributed by atoms with Crippen LogP contribution in [-0.2, 0) is 22.6 Å². The molecule has 7 rings (SSSR count). The molecular weight excluding hydrogens is 624 g/mol. The molecule has 0 amide bonds. The van der Waals surface area contributed by atoms with E-state index in [9.17, 15) is 30.8 Å². The summed E-state index contributed by atoms with van der Waals surface area (Å²) in [6.07, 6.45) is 4.06. The Morgan fingerprint density at radius 3 is 2.48 bits per heavy atom. The Bertz CT molecular complexity index is 1950. The number of carbonyl (C=O) groups is 1. The van der Waals surface area contributed by atoms with Crippen molar-refractivity contribution < 1.29 is 30.8 Å². The number of rotatable bonds is 8. The number of nitrogens with zero attached hydrogens (tertiary/aromatic N) is 6. The van der Waals surface area contributed by atoms with Crippen LogP contribution in [0, 0.1) is 11.2 Å². The molecule has 2 atom stereocenters. The maximum atomic E-state index is 14.5. The second-order valence-electron chi connectivity index (χ2n) is 12.1. The number of benzene rings is 1. The predicted molar refractivity (Wildman–Crippen MR) is 159 cm³/mol. The number of halogens is 4. The van der Waals surface area contributed by atoms with Gasteiger partial charge in [0, 0.05) is 25.0 Å². The lowest BCUT2D eigenvalue weighted by Crippen LogP contribution is -2.50. The Morgan fingerprint density at radius 2 is 1.83 bits per heavy atom. The molecule has 2 fully saturated rings. The number of fused-ring (bicyclic) bond motifs is 2. The highest BCUT2D eigenvalue weighted by Gasteiger charge is 2.52. The molecule has 2 saturated carbocycles. The molecular formula is C32H30F4N6O3S. The van der Waals surface area contributed by atoms with Crippen LogP contribution < -0.4 is 0 Å². The average molecular weight is 655 g/mol. The Kier molecular flexibility index (Phi) is 7.27. The average Bonchev–Trinajstić information content (AvgIpc) is 3.61. The Balaban J connectivity index is 1.28. The quantitative estimate of drug-likeness (QED) is 0.170. The van der Waals surface area contributed by atoms with Crippen LogP contribution in [0.3, 0.4) is 0 Å². The summed E-state index contributed by atoms with van der Waals surface area (Å²) < 4.78 is 86.2. The third-order valence-corrected chi connectivity index (χ3v) is 11.2.